The van der Waals surface area contributed by atoms with E-state index in [1.54, 1.807) is 0 Å². The Kier molecular flexibility index (Phi) is 3.21. The first-order valence-electron chi connectivity index (χ1n) is 4.83. The Bertz CT molecular complexity index is 374. The molecule has 0 aliphatic carbocycles. The Balaban J connectivity index is 2.23. The Morgan fingerprint density at radius 3 is 2.67 bits per heavy atom. The average Bonchev–Trinajstić information content (AvgIpc) is 2.73. The maximum absolute atomic E-state index is 5.73. The largest absolute Gasteiger partial charge is 0.471 e. The third-order valence-electron chi connectivity index (χ3n) is 2.32. The van der Waals surface area contributed by atoms with E-state index in [-0.39, 0.29) is 12.1 Å². The van der Waals surface area contributed by atoms with Crippen molar-refractivity contribution in [3.63, 3.8) is 0 Å². The number of hydrogen-bond donors (Lipinski definition) is 0. The molecule has 0 saturated carbocycles. The summed E-state index contributed by atoms with van der Waals surface area (Å²) in [4.78, 5) is 4.48. The molecule has 15 heavy (non-hydrogen) atoms. The van der Waals surface area contributed by atoms with Gasteiger partial charge >= 0.3 is 0 Å². The zero-order valence-corrected chi connectivity index (χ0v) is 9.85. The first kappa shape index (κ1) is 10.4. The van der Waals surface area contributed by atoms with E-state index < -0.39 is 0 Å². The number of nitrogens with zero attached hydrogens (tertiary/aromatic N) is 1. The molecular formula is C12H12BrNO. The highest BCUT2D eigenvalue weighted by Crippen LogP contribution is 2.20. The lowest BCUT2D eigenvalue weighted by Crippen LogP contribution is -2.22. The van der Waals surface area contributed by atoms with Crippen LogP contribution in [0.1, 0.15) is 5.56 Å². The Morgan fingerprint density at radius 1 is 1.40 bits per heavy atom. The zero-order chi connectivity index (χ0) is 10.7. The van der Waals surface area contributed by atoms with Gasteiger partial charge < -0.3 is 4.74 Å². The molecule has 78 valence electrons. The summed E-state index contributed by atoms with van der Waals surface area (Å²) in [6.45, 7) is 3.76. The van der Waals surface area contributed by atoms with Crippen molar-refractivity contribution in [2.24, 2.45) is 4.99 Å². The molecule has 2 atom stereocenters. The standard InChI is InChI=1S/C12H12BrNO/c1-2-10-11(8-13)15-12(14-10)9-6-4-3-5-7-9/h2-7,10-11H,1,8H2/t10-,11+/m0/s1. The number of rotatable bonds is 3. The van der Waals surface area contributed by atoms with Gasteiger partial charge in [0.25, 0.3) is 0 Å². The number of benzene rings is 1. The van der Waals surface area contributed by atoms with Crippen molar-refractivity contribution in [2.45, 2.75) is 12.1 Å². The summed E-state index contributed by atoms with van der Waals surface area (Å²) >= 11 is 3.41. The minimum Gasteiger partial charge on any atom is -0.471 e. The van der Waals surface area contributed by atoms with Crippen LogP contribution < -0.4 is 0 Å². The van der Waals surface area contributed by atoms with Crippen molar-refractivity contribution >= 4 is 21.8 Å². The predicted octanol–water partition coefficient (Wildman–Crippen LogP) is 2.78. The lowest BCUT2D eigenvalue weighted by atomic mass is 10.2. The quantitative estimate of drug-likeness (QED) is 0.609. The van der Waals surface area contributed by atoms with Crippen molar-refractivity contribution in [3.05, 3.63) is 48.6 Å². The minimum atomic E-state index is 0.0552. The molecule has 0 radical (unpaired) electrons. The highest BCUT2D eigenvalue weighted by atomic mass is 79.9. The summed E-state index contributed by atoms with van der Waals surface area (Å²) in [5.74, 6) is 0.713. The van der Waals surface area contributed by atoms with Crippen molar-refractivity contribution in [1.29, 1.82) is 0 Å². The third-order valence-corrected chi connectivity index (χ3v) is 2.96. The first-order chi connectivity index (χ1) is 7.35. The van der Waals surface area contributed by atoms with E-state index >= 15 is 0 Å². The van der Waals surface area contributed by atoms with Crippen LogP contribution in [0.5, 0.6) is 0 Å². The molecule has 0 spiro atoms. The van der Waals surface area contributed by atoms with Gasteiger partial charge in [-0.15, -0.1) is 6.58 Å². The summed E-state index contributed by atoms with van der Waals surface area (Å²) in [7, 11) is 0. The predicted molar refractivity (Wildman–Crippen MR) is 65.6 cm³/mol. The normalized spacial score (nSPS) is 24.5. The highest BCUT2D eigenvalue weighted by molar-refractivity contribution is 9.09. The van der Waals surface area contributed by atoms with E-state index in [1.807, 2.05) is 36.4 Å². The fraction of sp³-hybridized carbons (Fsp3) is 0.250. The Hall–Kier alpha value is -1.09. The van der Waals surface area contributed by atoms with Crippen LogP contribution in [0.25, 0.3) is 0 Å². The van der Waals surface area contributed by atoms with E-state index in [4.69, 9.17) is 4.74 Å². The summed E-state index contributed by atoms with van der Waals surface area (Å²) in [6, 6.07) is 9.98. The van der Waals surface area contributed by atoms with Gasteiger partial charge in [0.15, 0.2) is 0 Å². The summed E-state index contributed by atoms with van der Waals surface area (Å²) < 4.78 is 5.73. The van der Waals surface area contributed by atoms with E-state index in [1.165, 1.54) is 0 Å². The molecule has 0 amide bonds. The molecule has 0 unspecified atom stereocenters. The molecule has 3 heteroatoms. The van der Waals surface area contributed by atoms with Crippen molar-refractivity contribution in [2.75, 3.05) is 5.33 Å². The highest BCUT2D eigenvalue weighted by Gasteiger charge is 2.28. The number of halogens is 1. The van der Waals surface area contributed by atoms with E-state index in [0.717, 1.165) is 10.9 Å². The van der Waals surface area contributed by atoms with Gasteiger partial charge in [-0.2, -0.15) is 0 Å². The molecule has 1 aliphatic rings. The lowest BCUT2D eigenvalue weighted by molar-refractivity contribution is 0.233. The Labute approximate surface area is 97.8 Å². The van der Waals surface area contributed by atoms with Crippen molar-refractivity contribution in [3.8, 4) is 0 Å². The summed E-state index contributed by atoms with van der Waals surface area (Å²) in [5, 5.41) is 0.767. The van der Waals surface area contributed by atoms with Crippen LogP contribution in [0.15, 0.2) is 48.0 Å². The first-order valence-corrected chi connectivity index (χ1v) is 5.95. The molecule has 1 aliphatic heterocycles. The average molecular weight is 266 g/mol. The second-order valence-corrected chi connectivity index (χ2v) is 3.98. The Morgan fingerprint density at radius 2 is 2.13 bits per heavy atom. The van der Waals surface area contributed by atoms with Crippen LogP contribution in [0, 0.1) is 0 Å². The van der Waals surface area contributed by atoms with Crippen molar-refractivity contribution < 1.29 is 4.74 Å². The molecule has 0 fully saturated rings. The fourth-order valence-electron chi connectivity index (χ4n) is 1.51. The van der Waals surface area contributed by atoms with Crippen LogP contribution in [-0.2, 0) is 4.74 Å². The van der Waals surface area contributed by atoms with Crippen LogP contribution in [0.2, 0.25) is 0 Å². The monoisotopic (exact) mass is 265 g/mol. The molecule has 2 rings (SSSR count). The van der Waals surface area contributed by atoms with Gasteiger partial charge in [0.2, 0.25) is 5.90 Å². The molecule has 1 heterocycles. The van der Waals surface area contributed by atoms with Gasteiger partial charge in [-0.05, 0) is 12.1 Å². The summed E-state index contributed by atoms with van der Waals surface area (Å²) in [5.41, 5.74) is 1.02. The van der Waals surface area contributed by atoms with Crippen LogP contribution in [0.4, 0.5) is 0 Å². The number of hydrogen-bond acceptors (Lipinski definition) is 2. The molecule has 0 bridgehead atoms. The third kappa shape index (κ3) is 2.12. The lowest BCUT2D eigenvalue weighted by Gasteiger charge is -2.11. The SMILES string of the molecule is C=C[C@@H]1N=C(c2ccccc2)O[C@@H]1CBr. The molecular weight excluding hydrogens is 254 g/mol. The van der Waals surface area contributed by atoms with E-state index in [2.05, 4.69) is 27.5 Å². The molecule has 0 N–H and O–H groups in total. The van der Waals surface area contributed by atoms with Crippen LogP contribution in [-0.4, -0.2) is 23.4 Å². The molecule has 1 aromatic carbocycles. The maximum atomic E-state index is 5.73. The second kappa shape index (κ2) is 4.62. The second-order valence-electron chi connectivity index (χ2n) is 3.34. The minimum absolute atomic E-state index is 0.0552. The maximum Gasteiger partial charge on any atom is 0.217 e. The van der Waals surface area contributed by atoms with Crippen LogP contribution in [0.3, 0.4) is 0 Å². The number of aliphatic imine (C=N–C) groups is 1. The van der Waals surface area contributed by atoms with Crippen molar-refractivity contribution in [1.82, 2.24) is 0 Å². The van der Waals surface area contributed by atoms with Gasteiger partial charge in [0, 0.05) is 10.9 Å². The topological polar surface area (TPSA) is 21.6 Å². The molecule has 0 saturated heterocycles. The van der Waals surface area contributed by atoms with Gasteiger partial charge in [-0.1, -0.05) is 40.2 Å². The van der Waals surface area contributed by atoms with Gasteiger partial charge in [-0.25, -0.2) is 4.99 Å². The van der Waals surface area contributed by atoms with E-state index in [9.17, 15) is 0 Å². The number of alkyl halides is 1. The molecule has 0 aromatic heterocycles. The number of ether oxygens (including phenoxy) is 1. The van der Waals surface area contributed by atoms with Gasteiger partial charge in [0.1, 0.15) is 12.1 Å². The zero-order valence-electron chi connectivity index (χ0n) is 8.27. The van der Waals surface area contributed by atoms with Gasteiger partial charge in [-0.3, -0.25) is 0 Å². The van der Waals surface area contributed by atoms with Crippen LogP contribution >= 0.6 is 15.9 Å². The molecule has 2 nitrogen and oxygen atoms in total. The van der Waals surface area contributed by atoms with Gasteiger partial charge in [0.05, 0.1) is 0 Å². The fourth-order valence-corrected chi connectivity index (χ4v) is 2.03. The van der Waals surface area contributed by atoms with E-state index in [0.29, 0.717) is 5.90 Å². The molecule has 1 aromatic rings. The summed E-state index contributed by atoms with van der Waals surface area (Å²) in [6.07, 6.45) is 1.89. The smallest absolute Gasteiger partial charge is 0.217 e.